The van der Waals surface area contributed by atoms with E-state index in [2.05, 4.69) is 35.4 Å². The first-order chi connectivity index (χ1) is 8.65. The molecule has 0 bridgehead atoms. The number of aryl methyl sites for hydroxylation is 2. The fraction of sp³-hybridized carbons (Fsp3) is 0.400. The number of aromatic amines is 1. The van der Waals surface area contributed by atoms with E-state index in [9.17, 15) is 4.79 Å². The molecule has 1 aromatic heterocycles. The molecule has 0 aliphatic heterocycles. The van der Waals surface area contributed by atoms with Crippen molar-refractivity contribution in [2.75, 3.05) is 0 Å². The number of hydrogen-bond acceptors (Lipinski definition) is 1. The zero-order valence-corrected chi connectivity index (χ0v) is 10.8. The summed E-state index contributed by atoms with van der Waals surface area (Å²) < 4.78 is 0. The van der Waals surface area contributed by atoms with Gasteiger partial charge in [-0.3, -0.25) is 4.79 Å². The fourth-order valence-electron chi connectivity index (χ4n) is 2.97. The molecule has 1 aliphatic carbocycles. The van der Waals surface area contributed by atoms with Gasteiger partial charge in [0.1, 0.15) is 0 Å². The number of rotatable bonds is 1. The Morgan fingerprint density at radius 2 is 2.28 bits per heavy atom. The Morgan fingerprint density at radius 3 is 3.06 bits per heavy atom. The first-order valence-corrected chi connectivity index (χ1v) is 6.53. The van der Waals surface area contributed by atoms with E-state index in [0.29, 0.717) is 0 Å². The van der Waals surface area contributed by atoms with Crippen molar-refractivity contribution in [1.82, 2.24) is 10.3 Å². The highest BCUT2D eigenvalue weighted by atomic mass is 16.1. The minimum Gasteiger partial charge on any atom is -0.356 e. The van der Waals surface area contributed by atoms with E-state index >= 15 is 0 Å². The maximum absolute atomic E-state index is 11.3. The zero-order valence-electron chi connectivity index (χ0n) is 10.8. The normalized spacial score (nSPS) is 18.7. The number of carbonyl (C=O) groups excluding carboxylic acids is 1. The summed E-state index contributed by atoms with van der Waals surface area (Å²) >= 11 is 0. The van der Waals surface area contributed by atoms with Crippen molar-refractivity contribution < 1.29 is 4.79 Å². The quantitative estimate of drug-likeness (QED) is 0.793. The van der Waals surface area contributed by atoms with E-state index < -0.39 is 0 Å². The Hall–Kier alpha value is -1.77. The van der Waals surface area contributed by atoms with Crippen molar-refractivity contribution in [1.29, 1.82) is 0 Å². The van der Waals surface area contributed by atoms with Gasteiger partial charge in [-0.25, -0.2) is 0 Å². The van der Waals surface area contributed by atoms with Crippen LogP contribution in [0.3, 0.4) is 0 Å². The Bertz CT molecular complexity index is 612. The number of benzene rings is 1. The van der Waals surface area contributed by atoms with Crippen molar-refractivity contribution in [3.63, 3.8) is 0 Å². The number of fused-ring (bicyclic) bond motifs is 3. The molecule has 0 spiro atoms. The second kappa shape index (κ2) is 4.16. The first-order valence-electron chi connectivity index (χ1n) is 6.53. The third-order valence-electron chi connectivity index (χ3n) is 3.74. The summed E-state index contributed by atoms with van der Waals surface area (Å²) in [4.78, 5) is 14.8. The molecule has 0 fully saturated rings. The van der Waals surface area contributed by atoms with Gasteiger partial charge in [0.2, 0.25) is 5.91 Å². The van der Waals surface area contributed by atoms with Crippen LogP contribution in [-0.2, 0) is 11.2 Å². The lowest BCUT2D eigenvalue weighted by molar-refractivity contribution is -0.119. The summed E-state index contributed by atoms with van der Waals surface area (Å²) in [5.74, 6) is 0.0442. The Morgan fingerprint density at radius 1 is 1.44 bits per heavy atom. The van der Waals surface area contributed by atoms with Gasteiger partial charge in [0.15, 0.2) is 0 Å². The molecule has 1 amide bonds. The fourth-order valence-corrected chi connectivity index (χ4v) is 2.97. The number of amides is 1. The number of H-pyrrole nitrogens is 1. The summed E-state index contributed by atoms with van der Waals surface area (Å²) in [5.41, 5.74) is 5.06. The topological polar surface area (TPSA) is 44.9 Å². The molecule has 2 N–H and O–H groups in total. The third-order valence-corrected chi connectivity index (χ3v) is 3.74. The van der Waals surface area contributed by atoms with Crippen LogP contribution in [0.15, 0.2) is 18.2 Å². The summed E-state index contributed by atoms with van der Waals surface area (Å²) in [6.07, 6.45) is 3.27. The van der Waals surface area contributed by atoms with Crippen LogP contribution in [0.25, 0.3) is 10.9 Å². The van der Waals surface area contributed by atoms with Crippen molar-refractivity contribution in [2.45, 2.75) is 39.2 Å². The van der Waals surface area contributed by atoms with Crippen molar-refractivity contribution in [3.8, 4) is 0 Å². The monoisotopic (exact) mass is 242 g/mol. The predicted octanol–water partition coefficient (Wildman–Crippen LogP) is 2.99. The van der Waals surface area contributed by atoms with Crippen LogP contribution >= 0.6 is 0 Å². The molecular formula is C15H18N2O. The highest BCUT2D eigenvalue weighted by Crippen LogP contribution is 2.34. The summed E-state index contributed by atoms with van der Waals surface area (Å²) in [6, 6.07) is 6.64. The molecule has 3 nitrogen and oxygen atoms in total. The number of carbonyl (C=O) groups is 1. The maximum atomic E-state index is 11.3. The van der Waals surface area contributed by atoms with E-state index in [-0.39, 0.29) is 11.9 Å². The third kappa shape index (κ3) is 1.80. The van der Waals surface area contributed by atoms with E-state index in [1.54, 1.807) is 6.92 Å². The van der Waals surface area contributed by atoms with Gasteiger partial charge in [-0.05, 0) is 43.9 Å². The standard InChI is InChI=1S/C15H18N2O/c1-9-6-7-13-12(8-9)11-4-3-5-14(15(11)17-13)16-10(2)18/h6-8,14,17H,3-5H2,1-2H3,(H,16,18)/t14-/m0/s1. The Balaban J connectivity index is 2.12. The smallest absolute Gasteiger partial charge is 0.217 e. The second-order valence-corrected chi connectivity index (χ2v) is 5.21. The van der Waals surface area contributed by atoms with E-state index in [4.69, 9.17) is 0 Å². The van der Waals surface area contributed by atoms with Gasteiger partial charge in [-0.2, -0.15) is 0 Å². The van der Waals surface area contributed by atoms with Gasteiger partial charge in [0.05, 0.1) is 6.04 Å². The molecule has 0 radical (unpaired) electrons. The van der Waals surface area contributed by atoms with Gasteiger partial charge in [0, 0.05) is 23.5 Å². The molecule has 0 unspecified atom stereocenters. The lowest BCUT2D eigenvalue weighted by Gasteiger charge is -2.23. The maximum Gasteiger partial charge on any atom is 0.217 e. The highest BCUT2D eigenvalue weighted by molar-refractivity contribution is 5.86. The summed E-state index contributed by atoms with van der Waals surface area (Å²) in [5, 5.41) is 4.36. The highest BCUT2D eigenvalue weighted by Gasteiger charge is 2.24. The van der Waals surface area contributed by atoms with Gasteiger partial charge < -0.3 is 10.3 Å². The molecule has 1 atom stereocenters. The molecule has 1 aromatic carbocycles. The van der Waals surface area contributed by atoms with Crippen LogP contribution in [0, 0.1) is 6.92 Å². The molecule has 2 aromatic rings. The van der Waals surface area contributed by atoms with Crippen molar-refractivity contribution in [3.05, 3.63) is 35.0 Å². The molecule has 0 saturated carbocycles. The van der Waals surface area contributed by atoms with Crippen LogP contribution in [0.4, 0.5) is 0 Å². The number of nitrogens with one attached hydrogen (secondary N) is 2. The molecule has 94 valence electrons. The molecule has 0 saturated heterocycles. The summed E-state index contributed by atoms with van der Waals surface area (Å²) in [6.45, 7) is 3.70. The van der Waals surface area contributed by atoms with Crippen LogP contribution in [-0.4, -0.2) is 10.9 Å². The molecule has 1 heterocycles. The van der Waals surface area contributed by atoms with Gasteiger partial charge in [0.25, 0.3) is 0 Å². The largest absolute Gasteiger partial charge is 0.356 e. The van der Waals surface area contributed by atoms with E-state index in [1.165, 1.54) is 27.7 Å². The van der Waals surface area contributed by atoms with Crippen LogP contribution in [0.2, 0.25) is 0 Å². The first kappa shape index (κ1) is 11.3. The van der Waals surface area contributed by atoms with Crippen LogP contribution in [0.1, 0.15) is 42.6 Å². The van der Waals surface area contributed by atoms with Gasteiger partial charge in [-0.15, -0.1) is 0 Å². The summed E-state index contributed by atoms with van der Waals surface area (Å²) in [7, 11) is 0. The Kier molecular flexibility index (Phi) is 2.62. The van der Waals surface area contributed by atoms with Crippen molar-refractivity contribution in [2.24, 2.45) is 0 Å². The molecule has 18 heavy (non-hydrogen) atoms. The van der Waals surface area contributed by atoms with Gasteiger partial charge >= 0.3 is 0 Å². The molecular weight excluding hydrogens is 224 g/mol. The van der Waals surface area contributed by atoms with Crippen LogP contribution < -0.4 is 5.32 Å². The SMILES string of the molecule is CC(=O)N[C@H]1CCCc2c1[nH]c1ccc(C)cc21. The van der Waals surface area contributed by atoms with Crippen molar-refractivity contribution >= 4 is 16.8 Å². The Labute approximate surface area is 107 Å². The number of aromatic nitrogens is 1. The molecule has 3 rings (SSSR count). The van der Waals surface area contributed by atoms with Gasteiger partial charge in [-0.1, -0.05) is 11.6 Å². The lowest BCUT2D eigenvalue weighted by atomic mass is 9.91. The van der Waals surface area contributed by atoms with E-state index in [1.807, 2.05) is 0 Å². The molecule has 3 heteroatoms. The minimum absolute atomic E-state index is 0.0442. The molecule has 1 aliphatic rings. The zero-order chi connectivity index (χ0) is 12.7. The van der Waals surface area contributed by atoms with Crippen LogP contribution in [0.5, 0.6) is 0 Å². The average Bonchev–Trinajstić information content (AvgIpc) is 2.68. The number of hydrogen-bond donors (Lipinski definition) is 2. The second-order valence-electron chi connectivity index (χ2n) is 5.21. The average molecular weight is 242 g/mol. The minimum atomic E-state index is 0.0442. The lowest BCUT2D eigenvalue weighted by Crippen LogP contribution is -2.28. The predicted molar refractivity (Wildman–Crippen MR) is 72.5 cm³/mol. The van der Waals surface area contributed by atoms with E-state index in [0.717, 1.165) is 19.3 Å².